The zero-order chi connectivity index (χ0) is 17.0. The molecule has 1 aromatic rings. The number of aryl methyl sites for hydroxylation is 1. The number of pyridine rings is 1. The molecule has 0 aromatic carbocycles. The molecule has 1 amide bonds. The molecule has 3 rings (SSSR count). The van der Waals surface area contributed by atoms with Crippen LogP contribution in [0.4, 0.5) is 0 Å². The van der Waals surface area contributed by atoms with E-state index in [0.29, 0.717) is 24.9 Å². The molecule has 2 aliphatic rings. The van der Waals surface area contributed by atoms with Gasteiger partial charge in [-0.15, -0.1) is 0 Å². The smallest absolute Gasteiger partial charge is 0.222 e. The van der Waals surface area contributed by atoms with Crippen molar-refractivity contribution in [1.82, 2.24) is 15.2 Å². The average molecular weight is 331 g/mol. The number of likely N-dealkylation sites (tertiary alicyclic amines) is 1. The first-order chi connectivity index (χ1) is 11.6. The van der Waals surface area contributed by atoms with Crippen LogP contribution in [-0.4, -0.2) is 47.1 Å². The second kappa shape index (κ2) is 7.51. The van der Waals surface area contributed by atoms with Crippen LogP contribution in [0.3, 0.4) is 0 Å². The summed E-state index contributed by atoms with van der Waals surface area (Å²) in [4.78, 5) is 19.2. The molecule has 1 aliphatic heterocycles. The number of hydrogen-bond acceptors (Lipinski definition) is 4. The molecule has 1 atom stereocenters. The third-order valence-electron chi connectivity index (χ3n) is 5.49. The van der Waals surface area contributed by atoms with Crippen molar-refractivity contribution < 1.29 is 9.53 Å². The van der Waals surface area contributed by atoms with Crippen molar-refractivity contribution in [3.8, 4) is 5.88 Å². The summed E-state index contributed by atoms with van der Waals surface area (Å²) in [5.74, 6) is 0.840. The average Bonchev–Trinajstić information content (AvgIpc) is 2.98. The number of aromatic nitrogens is 1. The quantitative estimate of drug-likeness (QED) is 0.834. The molecule has 5 heteroatoms. The van der Waals surface area contributed by atoms with Crippen LogP contribution in [0.25, 0.3) is 0 Å². The first kappa shape index (κ1) is 17.2. The van der Waals surface area contributed by atoms with E-state index in [1.54, 1.807) is 6.20 Å². The van der Waals surface area contributed by atoms with Crippen molar-refractivity contribution in [3.05, 3.63) is 23.9 Å². The maximum absolute atomic E-state index is 12.5. The van der Waals surface area contributed by atoms with E-state index >= 15 is 0 Å². The number of hydrogen-bond donors (Lipinski definition) is 1. The van der Waals surface area contributed by atoms with Gasteiger partial charge in [0.05, 0.1) is 5.54 Å². The van der Waals surface area contributed by atoms with E-state index in [4.69, 9.17) is 4.74 Å². The highest BCUT2D eigenvalue weighted by Gasteiger charge is 2.40. The summed E-state index contributed by atoms with van der Waals surface area (Å²) in [5, 5.41) is 3.27. The van der Waals surface area contributed by atoms with Gasteiger partial charge in [0.25, 0.3) is 0 Å². The van der Waals surface area contributed by atoms with Crippen molar-refractivity contribution in [1.29, 1.82) is 0 Å². The molecule has 5 nitrogen and oxygen atoms in total. The fraction of sp³-hybridized carbons (Fsp3) is 0.684. The number of carbonyl (C=O) groups is 1. The first-order valence-corrected chi connectivity index (χ1v) is 9.21. The molecule has 0 bridgehead atoms. The van der Waals surface area contributed by atoms with E-state index in [1.165, 1.54) is 6.42 Å². The Morgan fingerprint density at radius 3 is 2.96 bits per heavy atom. The minimum absolute atomic E-state index is 0.168. The Kier molecular flexibility index (Phi) is 5.39. The second-order valence-electron chi connectivity index (χ2n) is 7.22. The Morgan fingerprint density at radius 1 is 1.46 bits per heavy atom. The summed E-state index contributed by atoms with van der Waals surface area (Å²) in [7, 11) is 0. The number of rotatable bonds is 7. The second-order valence-corrected chi connectivity index (χ2v) is 7.22. The van der Waals surface area contributed by atoms with E-state index < -0.39 is 0 Å². The van der Waals surface area contributed by atoms with Gasteiger partial charge in [0.1, 0.15) is 6.61 Å². The third-order valence-corrected chi connectivity index (χ3v) is 5.49. The van der Waals surface area contributed by atoms with Gasteiger partial charge < -0.3 is 15.0 Å². The Hall–Kier alpha value is -1.62. The van der Waals surface area contributed by atoms with Gasteiger partial charge in [0, 0.05) is 24.2 Å². The van der Waals surface area contributed by atoms with Gasteiger partial charge in [-0.2, -0.15) is 0 Å². The number of nitrogens with one attached hydrogen (secondary N) is 1. The maximum atomic E-state index is 12.5. The van der Waals surface area contributed by atoms with E-state index in [2.05, 4.69) is 22.1 Å². The van der Waals surface area contributed by atoms with Gasteiger partial charge in [0.15, 0.2) is 0 Å². The summed E-state index contributed by atoms with van der Waals surface area (Å²) in [6, 6.07) is 4.31. The monoisotopic (exact) mass is 331 g/mol. The molecule has 24 heavy (non-hydrogen) atoms. The van der Waals surface area contributed by atoms with Crippen molar-refractivity contribution in [2.24, 2.45) is 0 Å². The van der Waals surface area contributed by atoms with Crippen molar-refractivity contribution >= 4 is 5.91 Å². The molecule has 1 N–H and O–H groups in total. The summed E-state index contributed by atoms with van der Waals surface area (Å²) < 4.78 is 5.92. The van der Waals surface area contributed by atoms with Crippen molar-refractivity contribution in [3.63, 3.8) is 0 Å². The third kappa shape index (κ3) is 3.89. The molecule has 1 saturated heterocycles. The number of nitrogens with zero attached hydrogens (tertiary/aromatic N) is 2. The minimum atomic E-state index is -0.198. The highest BCUT2D eigenvalue weighted by atomic mass is 16.5. The van der Waals surface area contributed by atoms with Gasteiger partial charge in [-0.1, -0.05) is 13.0 Å². The number of carbonyl (C=O) groups excluding carboxylic acids is 1. The largest absolute Gasteiger partial charge is 0.475 e. The minimum Gasteiger partial charge on any atom is -0.475 e. The van der Waals surface area contributed by atoms with E-state index in [-0.39, 0.29) is 11.4 Å². The lowest BCUT2D eigenvalue weighted by Crippen LogP contribution is -2.58. The fourth-order valence-corrected chi connectivity index (χ4v) is 3.84. The highest BCUT2D eigenvalue weighted by molar-refractivity contribution is 5.77. The molecule has 0 spiro atoms. The van der Waals surface area contributed by atoms with Gasteiger partial charge in [0.2, 0.25) is 11.8 Å². The van der Waals surface area contributed by atoms with Crippen LogP contribution >= 0.6 is 0 Å². The van der Waals surface area contributed by atoms with Crippen LogP contribution in [0.5, 0.6) is 5.88 Å². The number of ether oxygens (including phenoxy) is 1. The fourth-order valence-electron chi connectivity index (χ4n) is 3.84. The molecule has 1 aromatic heterocycles. The summed E-state index contributed by atoms with van der Waals surface area (Å²) in [5.41, 5.74) is 0.833. The molecule has 2 fully saturated rings. The Morgan fingerprint density at radius 2 is 2.29 bits per heavy atom. The zero-order valence-corrected chi connectivity index (χ0v) is 14.9. The summed E-state index contributed by atoms with van der Waals surface area (Å²) >= 11 is 0. The van der Waals surface area contributed by atoms with E-state index in [9.17, 15) is 4.79 Å². The molecular formula is C19H29N3O2. The normalized spacial score (nSPS) is 22.8. The molecule has 132 valence electrons. The van der Waals surface area contributed by atoms with Crippen LogP contribution in [-0.2, 0) is 4.79 Å². The van der Waals surface area contributed by atoms with Gasteiger partial charge in [-0.05, 0) is 58.2 Å². The zero-order valence-electron chi connectivity index (χ0n) is 14.9. The van der Waals surface area contributed by atoms with Gasteiger partial charge >= 0.3 is 0 Å². The number of amides is 1. The lowest BCUT2D eigenvalue weighted by Gasteiger charge is -2.42. The van der Waals surface area contributed by atoms with Gasteiger partial charge in [-0.25, -0.2) is 4.98 Å². The van der Waals surface area contributed by atoms with Crippen LogP contribution < -0.4 is 10.1 Å². The Labute approximate surface area is 144 Å². The first-order valence-electron chi connectivity index (χ1n) is 9.21. The Bertz CT molecular complexity index is 571. The standard InChI is InChI=1S/C19H29N3O2/c1-3-22-12-5-8-16(22)13-17(23)21-19(9-6-10-19)14-24-18-15(2)7-4-11-20-18/h4,7,11,16H,3,5-6,8-10,12-14H2,1-2H3,(H,21,23). The predicted molar refractivity (Wildman–Crippen MR) is 94.1 cm³/mol. The molecule has 1 aliphatic carbocycles. The van der Waals surface area contributed by atoms with Crippen LogP contribution in [0.15, 0.2) is 18.3 Å². The van der Waals surface area contributed by atoms with E-state index in [0.717, 1.165) is 44.3 Å². The molecule has 1 saturated carbocycles. The highest BCUT2D eigenvalue weighted by Crippen LogP contribution is 2.33. The predicted octanol–water partition coefficient (Wildman–Crippen LogP) is 2.68. The summed E-state index contributed by atoms with van der Waals surface area (Å²) in [6.45, 7) is 6.84. The van der Waals surface area contributed by atoms with Crippen molar-refractivity contribution in [2.45, 2.75) is 64.0 Å². The molecule has 2 heterocycles. The van der Waals surface area contributed by atoms with E-state index in [1.807, 2.05) is 19.1 Å². The van der Waals surface area contributed by atoms with Gasteiger partial charge in [-0.3, -0.25) is 4.79 Å². The Balaban J connectivity index is 1.53. The molecule has 1 unspecified atom stereocenters. The van der Waals surface area contributed by atoms with Crippen LogP contribution in [0.2, 0.25) is 0 Å². The van der Waals surface area contributed by atoms with Crippen LogP contribution in [0.1, 0.15) is 51.0 Å². The van der Waals surface area contributed by atoms with Crippen LogP contribution in [0, 0.1) is 6.92 Å². The lowest BCUT2D eigenvalue weighted by molar-refractivity contribution is -0.125. The summed E-state index contributed by atoms with van der Waals surface area (Å²) in [6.07, 6.45) is 7.83. The SMILES string of the molecule is CCN1CCCC1CC(=O)NC1(COc2ncccc2C)CCC1. The molecule has 0 radical (unpaired) electrons. The maximum Gasteiger partial charge on any atom is 0.222 e. The lowest BCUT2D eigenvalue weighted by atomic mass is 9.77. The molecular weight excluding hydrogens is 302 g/mol. The topological polar surface area (TPSA) is 54.5 Å². The van der Waals surface area contributed by atoms with Crippen molar-refractivity contribution in [2.75, 3.05) is 19.7 Å².